The van der Waals surface area contributed by atoms with E-state index in [-0.39, 0.29) is 22.9 Å². The molecule has 1 amide bonds. The number of carbonyl (C=O) groups excluding carboxylic acids is 1. The van der Waals surface area contributed by atoms with E-state index < -0.39 is 10.0 Å². The van der Waals surface area contributed by atoms with Crippen molar-refractivity contribution < 1.29 is 17.9 Å². The molecule has 0 spiro atoms. The summed E-state index contributed by atoms with van der Waals surface area (Å²) in [5.74, 6) is 0.532. The summed E-state index contributed by atoms with van der Waals surface area (Å²) in [6.45, 7) is 1.92. The maximum atomic E-state index is 12.8. The van der Waals surface area contributed by atoms with E-state index >= 15 is 0 Å². The molecule has 0 bridgehead atoms. The Morgan fingerprint density at radius 2 is 1.78 bits per heavy atom. The van der Waals surface area contributed by atoms with E-state index in [0.29, 0.717) is 5.56 Å². The Kier molecular flexibility index (Phi) is 5.53. The minimum Gasteiger partial charge on any atom is -0.496 e. The highest BCUT2D eigenvalue weighted by molar-refractivity contribution is 7.89. The summed E-state index contributed by atoms with van der Waals surface area (Å²) in [6.07, 6.45) is 1.75. The van der Waals surface area contributed by atoms with Gasteiger partial charge in [-0.3, -0.25) is 4.79 Å². The van der Waals surface area contributed by atoms with Gasteiger partial charge in [0, 0.05) is 24.2 Å². The molecule has 27 heavy (non-hydrogen) atoms. The molecule has 0 aromatic heterocycles. The van der Waals surface area contributed by atoms with E-state index in [1.54, 1.807) is 31.2 Å². The molecular formula is C20H24N2O4S. The fraction of sp³-hybridized carbons (Fsp3) is 0.350. The standard InChI is InChI=1S/C20H24N2O4S/c1-14(18-6-4-5-7-19(18)26-3)22(2)20(23)15-8-12-17(13-9-15)27(24,25)21-16-10-11-16/h4-9,12-14,16,21H,10-11H2,1-3H3. The highest BCUT2D eigenvalue weighted by atomic mass is 32.2. The van der Waals surface area contributed by atoms with Gasteiger partial charge in [-0.25, -0.2) is 13.1 Å². The highest BCUT2D eigenvalue weighted by Crippen LogP contribution is 2.29. The molecule has 2 aromatic carbocycles. The Hall–Kier alpha value is -2.38. The summed E-state index contributed by atoms with van der Waals surface area (Å²) in [4.78, 5) is 14.6. The predicted octanol–water partition coefficient (Wildman–Crippen LogP) is 2.97. The highest BCUT2D eigenvalue weighted by Gasteiger charge is 2.28. The third-order valence-corrected chi connectivity index (χ3v) is 6.34. The van der Waals surface area contributed by atoms with Crippen LogP contribution in [0.15, 0.2) is 53.4 Å². The smallest absolute Gasteiger partial charge is 0.254 e. The number of amides is 1. The number of para-hydroxylation sites is 1. The van der Waals surface area contributed by atoms with Crippen LogP contribution < -0.4 is 9.46 Å². The molecule has 144 valence electrons. The van der Waals surface area contributed by atoms with Gasteiger partial charge in [-0.2, -0.15) is 0 Å². The number of rotatable bonds is 7. The fourth-order valence-electron chi connectivity index (χ4n) is 2.87. The molecule has 0 aliphatic heterocycles. The number of sulfonamides is 1. The maximum absolute atomic E-state index is 12.8. The normalized spacial score (nSPS) is 15.2. The lowest BCUT2D eigenvalue weighted by molar-refractivity contribution is 0.0741. The van der Waals surface area contributed by atoms with E-state index in [9.17, 15) is 13.2 Å². The number of carbonyl (C=O) groups is 1. The molecule has 1 aliphatic carbocycles. The van der Waals surface area contributed by atoms with Crippen LogP contribution >= 0.6 is 0 Å². The Balaban J connectivity index is 1.76. The summed E-state index contributed by atoms with van der Waals surface area (Å²) in [5, 5.41) is 0. The second-order valence-electron chi connectivity index (χ2n) is 6.75. The average Bonchev–Trinajstić information content (AvgIpc) is 3.49. The minimum absolute atomic E-state index is 0.0455. The van der Waals surface area contributed by atoms with Crippen LogP contribution in [0.3, 0.4) is 0 Å². The number of methoxy groups -OCH3 is 1. The molecule has 1 unspecified atom stereocenters. The summed E-state index contributed by atoms with van der Waals surface area (Å²) < 4.78 is 32.5. The van der Waals surface area contributed by atoms with E-state index in [1.807, 2.05) is 31.2 Å². The number of ether oxygens (including phenoxy) is 1. The van der Waals surface area contributed by atoms with Gasteiger partial charge >= 0.3 is 0 Å². The first-order valence-corrected chi connectivity index (χ1v) is 10.3. The van der Waals surface area contributed by atoms with Crippen molar-refractivity contribution in [1.29, 1.82) is 0 Å². The van der Waals surface area contributed by atoms with Crippen molar-refractivity contribution in [1.82, 2.24) is 9.62 Å². The Bertz CT molecular complexity index is 921. The van der Waals surface area contributed by atoms with Crippen molar-refractivity contribution in [3.8, 4) is 5.75 Å². The molecule has 1 N–H and O–H groups in total. The summed E-state index contributed by atoms with van der Waals surface area (Å²) in [7, 11) is -0.199. The van der Waals surface area contributed by atoms with Crippen LogP contribution in [0.2, 0.25) is 0 Å². The number of nitrogens with one attached hydrogen (secondary N) is 1. The van der Waals surface area contributed by atoms with Crippen LogP contribution in [-0.4, -0.2) is 39.4 Å². The van der Waals surface area contributed by atoms with Gasteiger partial charge in [0.2, 0.25) is 10.0 Å². The van der Waals surface area contributed by atoms with Gasteiger partial charge in [-0.05, 0) is 50.1 Å². The molecule has 1 atom stereocenters. The van der Waals surface area contributed by atoms with Gasteiger partial charge in [-0.1, -0.05) is 18.2 Å². The summed E-state index contributed by atoms with van der Waals surface area (Å²) in [5.41, 5.74) is 1.34. The van der Waals surface area contributed by atoms with Gasteiger partial charge in [0.25, 0.3) is 5.91 Å². The second kappa shape index (κ2) is 7.70. The van der Waals surface area contributed by atoms with E-state index in [2.05, 4.69) is 4.72 Å². The first-order chi connectivity index (χ1) is 12.8. The Morgan fingerprint density at radius 1 is 1.15 bits per heavy atom. The van der Waals surface area contributed by atoms with Crippen LogP contribution in [0.25, 0.3) is 0 Å². The zero-order valence-electron chi connectivity index (χ0n) is 15.7. The van der Waals surface area contributed by atoms with Crippen LogP contribution in [0.4, 0.5) is 0 Å². The number of hydrogen-bond acceptors (Lipinski definition) is 4. The van der Waals surface area contributed by atoms with E-state index in [4.69, 9.17) is 4.74 Å². The van der Waals surface area contributed by atoms with Crippen molar-refractivity contribution in [2.75, 3.05) is 14.2 Å². The summed E-state index contributed by atoms with van der Waals surface area (Å²) in [6, 6.07) is 13.5. The SMILES string of the molecule is COc1ccccc1C(C)N(C)C(=O)c1ccc(S(=O)(=O)NC2CC2)cc1. The van der Waals surface area contributed by atoms with Crippen LogP contribution in [0.1, 0.15) is 41.7 Å². The molecule has 1 fully saturated rings. The van der Waals surface area contributed by atoms with E-state index in [0.717, 1.165) is 24.2 Å². The molecule has 7 heteroatoms. The summed E-state index contributed by atoms with van der Waals surface area (Å²) >= 11 is 0. The third kappa shape index (κ3) is 4.31. The second-order valence-corrected chi connectivity index (χ2v) is 8.47. The molecule has 0 heterocycles. The molecular weight excluding hydrogens is 364 g/mol. The quantitative estimate of drug-likeness (QED) is 0.791. The molecule has 1 aliphatic rings. The fourth-order valence-corrected chi connectivity index (χ4v) is 4.17. The van der Waals surface area contributed by atoms with Crippen LogP contribution in [-0.2, 0) is 10.0 Å². The maximum Gasteiger partial charge on any atom is 0.254 e. The zero-order valence-corrected chi connectivity index (χ0v) is 16.5. The topological polar surface area (TPSA) is 75.7 Å². The molecule has 3 rings (SSSR count). The third-order valence-electron chi connectivity index (χ3n) is 4.80. The predicted molar refractivity (Wildman–Crippen MR) is 103 cm³/mol. The number of hydrogen-bond donors (Lipinski definition) is 1. The van der Waals surface area contributed by atoms with Crippen molar-refractivity contribution in [3.05, 3.63) is 59.7 Å². The minimum atomic E-state index is -3.52. The molecule has 6 nitrogen and oxygen atoms in total. The van der Waals surface area contributed by atoms with Crippen LogP contribution in [0, 0.1) is 0 Å². The molecule has 2 aromatic rings. The lowest BCUT2D eigenvalue weighted by Crippen LogP contribution is -2.30. The zero-order chi connectivity index (χ0) is 19.6. The first-order valence-electron chi connectivity index (χ1n) is 8.86. The van der Waals surface area contributed by atoms with Crippen molar-refractivity contribution >= 4 is 15.9 Å². The Labute approximate surface area is 160 Å². The van der Waals surface area contributed by atoms with Gasteiger partial charge in [0.15, 0.2) is 0 Å². The largest absolute Gasteiger partial charge is 0.496 e. The van der Waals surface area contributed by atoms with Gasteiger partial charge in [-0.15, -0.1) is 0 Å². The number of benzene rings is 2. The molecule has 0 saturated heterocycles. The van der Waals surface area contributed by atoms with Gasteiger partial charge in [0.1, 0.15) is 5.75 Å². The van der Waals surface area contributed by atoms with Gasteiger partial charge in [0.05, 0.1) is 18.0 Å². The van der Waals surface area contributed by atoms with E-state index in [1.165, 1.54) is 12.1 Å². The van der Waals surface area contributed by atoms with Crippen molar-refractivity contribution in [3.63, 3.8) is 0 Å². The lowest BCUT2D eigenvalue weighted by Gasteiger charge is -2.26. The van der Waals surface area contributed by atoms with Crippen molar-refractivity contribution in [2.24, 2.45) is 0 Å². The first kappa shape index (κ1) is 19.4. The average molecular weight is 388 g/mol. The molecule has 1 saturated carbocycles. The monoisotopic (exact) mass is 388 g/mol. The van der Waals surface area contributed by atoms with Gasteiger partial charge < -0.3 is 9.64 Å². The lowest BCUT2D eigenvalue weighted by atomic mass is 10.0. The van der Waals surface area contributed by atoms with Crippen molar-refractivity contribution in [2.45, 2.75) is 36.7 Å². The number of nitrogens with zero attached hydrogens (tertiary/aromatic N) is 1. The Morgan fingerprint density at radius 3 is 2.37 bits per heavy atom. The molecule has 0 radical (unpaired) electrons. The van der Waals surface area contributed by atoms with Crippen LogP contribution in [0.5, 0.6) is 5.75 Å².